The maximum absolute atomic E-state index is 13.2. The zero-order valence-electron chi connectivity index (χ0n) is 14.5. The first-order valence-electron chi connectivity index (χ1n) is 8.33. The third-order valence-corrected chi connectivity index (χ3v) is 4.20. The van der Waals surface area contributed by atoms with Gasteiger partial charge in [-0.05, 0) is 36.8 Å². The van der Waals surface area contributed by atoms with Crippen LogP contribution in [-0.2, 0) is 9.59 Å². The Balaban J connectivity index is 1.63. The maximum atomic E-state index is 13.2. The Labute approximate surface area is 154 Å². The van der Waals surface area contributed by atoms with Crippen LogP contribution in [0.5, 0.6) is 5.75 Å². The molecule has 0 saturated carbocycles. The van der Waals surface area contributed by atoms with Crippen molar-refractivity contribution in [2.75, 3.05) is 18.0 Å². The first-order valence-corrected chi connectivity index (χ1v) is 8.33. The Morgan fingerprint density at radius 1 is 1.26 bits per heavy atom. The summed E-state index contributed by atoms with van der Waals surface area (Å²) in [6.45, 7) is 1.13. The molecule has 6 nitrogen and oxygen atoms in total. The second-order valence-electron chi connectivity index (χ2n) is 6.15. The average molecular weight is 376 g/mol. The number of anilines is 1. The van der Waals surface area contributed by atoms with Crippen molar-refractivity contribution in [1.82, 2.24) is 5.32 Å². The number of rotatable bonds is 5. The van der Waals surface area contributed by atoms with Crippen molar-refractivity contribution in [3.8, 4) is 5.75 Å². The van der Waals surface area contributed by atoms with Crippen molar-refractivity contribution in [2.24, 2.45) is 0 Å². The second-order valence-corrected chi connectivity index (χ2v) is 6.15. The van der Waals surface area contributed by atoms with Crippen molar-refractivity contribution >= 4 is 17.5 Å². The molecule has 0 aromatic heterocycles. The highest BCUT2D eigenvalue weighted by Gasteiger charge is 2.32. The fraction of sp³-hybridized carbons (Fsp3) is 0.263. The van der Waals surface area contributed by atoms with E-state index in [4.69, 9.17) is 4.74 Å². The summed E-state index contributed by atoms with van der Waals surface area (Å²) in [5, 5.41) is 12.5. The summed E-state index contributed by atoms with van der Waals surface area (Å²) in [7, 11) is 0. The number of carbonyl (C=O) groups is 2. The zero-order chi connectivity index (χ0) is 19.6. The number of ether oxygens (including phenoxy) is 1. The topological polar surface area (TPSA) is 78.9 Å². The molecule has 8 heteroatoms. The Morgan fingerprint density at radius 3 is 2.74 bits per heavy atom. The molecule has 1 aliphatic rings. The molecule has 0 fully saturated rings. The van der Waals surface area contributed by atoms with E-state index in [-0.39, 0.29) is 24.6 Å². The highest BCUT2D eigenvalue weighted by Crippen LogP contribution is 2.33. The average Bonchev–Trinajstić information content (AvgIpc) is 2.65. The van der Waals surface area contributed by atoms with Crippen LogP contribution in [0.4, 0.5) is 14.5 Å². The summed E-state index contributed by atoms with van der Waals surface area (Å²) >= 11 is 0. The number of halogens is 2. The number of nitrogens with one attached hydrogen (secondary N) is 1. The molecule has 1 heterocycles. The van der Waals surface area contributed by atoms with Crippen LogP contribution < -0.4 is 15.0 Å². The molecule has 0 aliphatic carbocycles. The molecule has 1 aliphatic heterocycles. The lowest BCUT2D eigenvalue weighted by Crippen LogP contribution is -2.49. The van der Waals surface area contributed by atoms with Crippen LogP contribution in [0.1, 0.15) is 18.6 Å². The number of aliphatic hydroxyl groups is 1. The van der Waals surface area contributed by atoms with Gasteiger partial charge in [-0.25, -0.2) is 8.78 Å². The number of nitrogens with zero attached hydrogens (tertiary/aromatic N) is 1. The van der Waals surface area contributed by atoms with Crippen LogP contribution in [0.25, 0.3) is 0 Å². The molecule has 2 aromatic rings. The number of benzene rings is 2. The molecule has 2 atom stereocenters. The highest BCUT2D eigenvalue weighted by atomic mass is 19.2. The van der Waals surface area contributed by atoms with Crippen molar-refractivity contribution in [3.05, 3.63) is 59.7 Å². The normalized spacial score (nSPS) is 17.1. The molecule has 0 radical (unpaired) electrons. The summed E-state index contributed by atoms with van der Waals surface area (Å²) in [4.78, 5) is 25.9. The molecular weight excluding hydrogens is 358 g/mol. The minimum Gasteiger partial charge on any atom is -0.479 e. The predicted octanol–water partition coefficient (Wildman–Crippen LogP) is 1.93. The molecular formula is C19H18F2N2O4. The van der Waals surface area contributed by atoms with Crippen molar-refractivity contribution < 1.29 is 28.2 Å². The van der Waals surface area contributed by atoms with E-state index in [1.165, 1.54) is 11.0 Å². The molecule has 142 valence electrons. The van der Waals surface area contributed by atoms with E-state index in [0.717, 1.165) is 12.1 Å². The quantitative estimate of drug-likeness (QED) is 0.836. The van der Waals surface area contributed by atoms with E-state index in [2.05, 4.69) is 5.32 Å². The van der Waals surface area contributed by atoms with E-state index in [1.807, 2.05) is 0 Å². The largest absolute Gasteiger partial charge is 0.479 e. The van der Waals surface area contributed by atoms with Gasteiger partial charge in [-0.15, -0.1) is 0 Å². The van der Waals surface area contributed by atoms with E-state index in [1.54, 1.807) is 31.2 Å². The molecule has 0 saturated heterocycles. The van der Waals surface area contributed by atoms with Gasteiger partial charge in [0.05, 0.1) is 11.8 Å². The van der Waals surface area contributed by atoms with Gasteiger partial charge < -0.3 is 15.2 Å². The lowest BCUT2D eigenvalue weighted by molar-refractivity contribution is -0.128. The van der Waals surface area contributed by atoms with Gasteiger partial charge in [-0.3, -0.25) is 14.5 Å². The maximum Gasteiger partial charge on any atom is 0.268 e. The summed E-state index contributed by atoms with van der Waals surface area (Å²) < 4.78 is 31.7. The Morgan fingerprint density at radius 2 is 2.00 bits per heavy atom. The molecule has 2 aromatic carbocycles. The Bertz CT molecular complexity index is 875. The summed E-state index contributed by atoms with van der Waals surface area (Å²) in [6, 6.07) is 9.87. The van der Waals surface area contributed by atoms with Gasteiger partial charge in [0.15, 0.2) is 17.7 Å². The number of carbonyl (C=O) groups excluding carboxylic acids is 2. The molecule has 0 unspecified atom stereocenters. The number of hydrogen-bond acceptors (Lipinski definition) is 4. The summed E-state index contributed by atoms with van der Waals surface area (Å²) in [6.07, 6.45) is -1.93. The number of amides is 2. The van der Waals surface area contributed by atoms with Gasteiger partial charge in [-0.1, -0.05) is 18.2 Å². The van der Waals surface area contributed by atoms with Crippen LogP contribution in [0, 0.1) is 11.6 Å². The van der Waals surface area contributed by atoms with Crippen LogP contribution in [-0.4, -0.2) is 36.1 Å². The third-order valence-electron chi connectivity index (χ3n) is 4.20. The highest BCUT2D eigenvalue weighted by molar-refractivity contribution is 6.03. The SMILES string of the molecule is C[C@@H]1Oc2ccccc2N(CC(=O)NC[C@H](O)c2ccc(F)c(F)c2)C1=O. The van der Waals surface area contributed by atoms with Crippen LogP contribution in [0.3, 0.4) is 0 Å². The van der Waals surface area contributed by atoms with E-state index < -0.39 is 29.7 Å². The van der Waals surface area contributed by atoms with Crippen LogP contribution >= 0.6 is 0 Å². The van der Waals surface area contributed by atoms with E-state index in [0.29, 0.717) is 11.4 Å². The third kappa shape index (κ3) is 4.06. The Hall–Kier alpha value is -3.00. The van der Waals surface area contributed by atoms with Gasteiger partial charge >= 0.3 is 0 Å². The molecule has 2 N–H and O–H groups in total. The zero-order valence-corrected chi connectivity index (χ0v) is 14.5. The van der Waals surface area contributed by atoms with Crippen molar-refractivity contribution in [2.45, 2.75) is 19.1 Å². The minimum atomic E-state index is -1.21. The molecule has 0 bridgehead atoms. The summed E-state index contributed by atoms with van der Waals surface area (Å²) in [5.74, 6) is -2.46. The first kappa shape index (κ1) is 18.8. The monoisotopic (exact) mass is 376 g/mol. The minimum absolute atomic E-state index is 0.135. The summed E-state index contributed by atoms with van der Waals surface area (Å²) in [5.41, 5.74) is 0.618. The smallest absolute Gasteiger partial charge is 0.268 e. The van der Waals surface area contributed by atoms with Gasteiger partial charge in [0, 0.05) is 6.54 Å². The fourth-order valence-electron chi connectivity index (χ4n) is 2.77. The number of fused-ring (bicyclic) bond motifs is 1. The van der Waals surface area contributed by atoms with Gasteiger partial charge in [0.1, 0.15) is 12.3 Å². The fourth-order valence-corrected chi connectivity index (χ4v) is 2.77. The molecule has 0 spiro atoms. The van der Waals surface area contributed by atoms with Crippen LogP contribution in [0.15, 0.2) is 42.5 Å². The predicted molar refractivity (Wildman–Crippen MR) is 93.2 cm³/mol. The standard InChI is InChI=1S/C19H18F2N2O4/c1-11-19(26)23(15-4-2-3-5-17(15)27-11)10-18(25)22-9-16(24)12-6-7-13(20)14(21)8-12/h2-8,11,16,24H,9-10H2,1H3,(H,22,25)/t11-,16-/m0/s1. The Kier molecular flexibility index (Phi) is 5.36. The van der Waals surface area contributed by atoms with Gasteiger partial charge in [0.25, 0.3) is 5.91 Å². The number of aliphatic hydroxyl groups excluding tert-OH is 1. The van der Waals surface area contributed by atoms with Gasteiger partial charge in [0.2, 0.25) is 5.91 Å². The van der Waals surface area contributed by atoms with Gasteiger partial charge in [-0.2, -0.15) is 0 Å². The first-order chi connectivity index (χ1) is 12.9. The van der Waals surface area contributed by atoms with Crippen molar-refractivity contribution in [1.29, 1.82) is 0 Å². The second kappa shape index (κ2) is 7.71. The van der Waals surface area contributed by atoms with E-state index >= 15 is 0 Å². The molecule has 3 rings (SSSR count). The van der Waals surface area contributed by atoms with Crippen LogP contribution in [0.2, 0.25) is 0 Å². The lowest BCUT2D eigenvalue weighted by Gasteiger charge is -2.32. The number of para-hydroxylation sites is 2. The van der Waals surface area contributed by atoms with E-state index in [9.17, 15) is 23.5 Å². The number of hydrogen-bond donors (Lipinski definition) is 2. The molecule has 27 heavy (non-hydrogen) atoms. The lowest BCUT2D eigenvalue weighted by atomic mass is 10.1. The molecule has 2 amide bonds. The van der Waals surface area contributed by atoms with Crippen molar-refractivity contribution in [3.63, 3.8) is 0 Å².